The van der Waals surface area contributed by atoms with Crippen molar-refractivity contribution in [1.29, 1.82) is 0 Å². The molecular formula is C28H47N3O5. The van der Waals surface area contributed by atoms with Crippen LogP contribution in [0.25, 0.3) is 0 Å². The van der Waals surface area contributed by atoms with Crippen molar-refractivity contribution in [3.8, 4) is 0 Å². The van der Waals surface area contributed by atoms with E-state index in [1.165, 1.54) is 4.90 Å². The molecule has 0 fully saturated rings. The summed E-state index contributed by atoms with van der Waals surface area (Å²) < 4.78 is 5.28. The van der Waals surface area contributed by atoms with Crippen LogP contribution in [-0.2, 0) is 14.3 Å². The van der Waals surface area contributed by atoms with Crippen molar-refractivity contribution < 1.29 is 24.2 Å². The maximum Gasteiger partial charge on any atom is 0.408 e. The van der Waals surface area contributed by atoms with Crippen LogP contribution in [0.4, 0.5) is 4.79 Å². The molecular weight excluding hydrogens is 458 g/mol. The quantitative estimate of drug-likeness (QED) is 0.301. The van der Waals surface area contributed by atoms with E-state index in [1.54, 1.807) is 20.8 Å². The Kier molecular flexibility index (Phi) is 14.1. The number of aliphatic hydroxyl groups is 1. The summed E-state index contributed by atoms with van der Waals surface area (Å²) in [5.74, 6) is -0.790. The number of ether oxygens (including phenoxy) is 1. The lowest BCUT2D eigenvalue weighted by molar-refractivity contribution is -0.143. The smallest absolute Gasteiger partial charge is 0.408 e. The summed E-state index contributed by atoms with van der Waals surface area (Å²) in [7, 11) is 0. The molecule has 2 unspecified atom stereocenters. The van der Waals surface area contributed by atoms with Gasteiger partial charge in [0.1, 0.15) is 17.7 Å². The fourth-order valence-corrected chi connectivity index (χ4v) is 3.82. The molecule has 0 aliphatic heterocycles. The Balaban J connectivity index is 3.29. The van der Waals surface area contributed by atoms with E-state index < -0.39 is 36.3 Å². The van der Waals surface area contributed by atoms with Crippen molar-refractivity contribution in [2.45, 2.75) is 104 Å². The maximum atomic E-state index is 13.7. The minimum atomic E-state index is -1.23. The molecule has 0 aliphatic carbocycles. The lowest BCUT2D eigenvalue weighted by Gasteiger charge is -2.34. The van der Waals surface area contributed by atoms with Crippen molar-refractivity contribution in [2.75, 3.05) is 19.7 Å². The van der Waals surface area contributed by atoms with E-state index in [9.17, 15) is 19.5 Å². The zero-order chi connectivity index (χ0) is 27.1. The molecule has 1 aromatic carbocycles. The number of nitrogens with one attached hydrogen (secondary N) is 2. The second kappa shape index (κ2) is 16.2. The predicted molar refractivity (Wildman–Crippen MR) is 143 cm³/mol. The Bertz CT molecular complexity index is 804. The number of alkyl carbamates (subject to hydrolysis) is 1. The maximum absolute atomic E-state index is 13.7. The van der Waals surface area contributed by atoms with E-state index >= 15 is 0 Å². The molecule has 0 saturated heterocycles. The molecule has 0 spiro atoms. The normalized spacial score (nSPS) is 13.0. The molecule has 1 aromatic rings. The zero-order valence-corrected chi connectivity index (χ0v) is 23.1. The van der Waals surface area contributed by atoms with Gasteiger partial charge in [-0.15, -0.1) is 0 Å². The van der Waals surface area contributed by atoms with Crippen molar-refractivity contribution in [2.24, 2.45) is 0 Å². The number of hydrogen-bond donors (Lipinski definition) is 3. The molecule has 36 heavy (non-hydrogen) atoms. The Labute approximate surface area is 217 Å². The average Bonchev–Trinajstić information content (AvgIpc) is 2.81. The van der Waals surface area contributed by atoms with Gasteiger partial charge in [0.15, 0.2) is 0 Å². The van der Waals surface area contributed by atoms with Crippen LogP contribution in [-0.4, -0.2) is 59.3 Å². The van der Waals surface area contributed by atoms with Crippen LogP contribution in [0.2, 0.25) is 0 Å². The number of unbranched alkanes of at least 4 members (excludes halogenated alkanes) is 5. The molecule has 0 saturated carbocycles. The molecule has 204 valence electrons. The van der Waals surface area contributed by atoms with E-state index in [2.05, 4.69) is 24.5 Å². The standard InChI is InChI=1S/C28H47N3O5/c1-7-9-11-13-19-31(26(34)23(20-32)30-27(35)36-28(4,5)6)24(22-16-14-21(3)15-17-22)25(33)29-18-12-10-8-2/h14-17,23-24,32H,7-13,18-20H2,1-6H3,(H,29,33)(H,30,35). The Hall–Kier alpha value is -2.61. The van der Waals surface area contributed by atoms with Crippen molar-refractivity contribution >= 4 is 17.9 Å². The summed E-state index contributed by atoms with van der Waals surface area (Å²) in [6, 6.07) is 5.42. The second-order valence-corrected chi connectivity index (χ2v) is 10.3. The van der Waals surface area contributed by atoms with Crippen LogP contribution in [0, 0.1) is 6.92 Å². The van der Waals surface area contributed by atoms with Gasteiger partial charge in [-0.1, -0.05) is 75.8 Å². The monoisotopic (exact) mass is 505 g/mol. The van der Waals surface area contributed by atoms with E-state index in [4.69, 9.17) is 4.74 Å². The first-order chi connectivity index (χ1) is 17.0. The highest BCUT2D eigenvalue weighted by Crippen LogP contribution is 2.24. The number of hydrogen-bond acceptors (Lipinski definition) is 5. The summed E-state index contributed by atoms with van der Waals surface area (Å²) in [4.78, 5) is 41.1. The van der Waals surface area contributed by atoms with E-state index in [0.29, 0.717) is 25.1 Å². The van der Waals surface area contributed by atoms with Crippen LogP contribution in [0.1, 0.15) is 96.7 Å². The van der Waals surface area contributed by atoms with Crippen LogP contribution in [0.3, 0.4) is 0 Å². The molecule has 8 heteroatoms. The Morgan fingerprint density at radius 1 is 0.972 bits per heavy atom. The molecule has 1 rings (SSSR count). The van der Waals surface area contributed by atoms with Crippen molar-refractivity contribution in [1.82, 2.24) is 15.5 Å². The van der Waals surface area contributed by atoms with Gasteiger partial charge in [0, 0.05) is 13.1 Å². The van der Waals surface area contributed by atoms with Crippen LogP contribution >= 0.6 is 0 Å². The number of rotatable bonds is 15. The Morgan fingerprint density at radius 2 is 1.58 bits per heavy atom. The van der Waals surface area contributed by atoms with Gasteiger partial charge in [0.2, 0.25) is 11.8 Å². The molecule has 3 amide bonds. The lowest BCUT2D eigenvalue weighted by atomic mass is 10.0. The second-order valence-electron chi connectivity index (χ2n) is 10.3. The summed E-state index contributed by atoms with van der Waals surface area (Å²) in [6.45, 7) is 11.6. The average molecular weight is 506 g/mol. The predicted octanol–water partition coefficient (Wildman–Crippen LogP) is 4.64. The first kappa shape index (κ1) is 31.4. The summed E-state index contributed by atoms with van der Waals surface area (Å²) in [5.41, 5.74) is 0.975. The van der Waals surface area contributed by atoms with Gasteiger partial charge >= 0.3 is 6.09 Å². The molecule has 2 atom stereocenters. The SMILES string of the molecule is CCCCCCN(C(=O)C(CO)NC(=O)OC(C)(C)C)C(C(=O)NCCCCC)c1ccc(C)cc1. The van der Waals surface area contributed by atoms with E-state index in [0.717, 1.165) is 44.1 Å². The van der Waals surface area contributed by atoms with Gasteiger partial charge in [-0.05, 0) is 46.1 Å². The molecule has 0 aromatic heterocycles. The van der Waals surface area contributed by atoms with Crippen LogP contribution in [0.5, 0.6) is 0 Å². The van der Waals surface area contributed by atoms with Crippen LogP contribution < -0.4 is 10.6 Å². The van der Waals surface area contributed by atoms with Crippen LogP contribution in [0.15, 0.2) is 24.3 Å². The van der Waals surface area contributed by atoms with Gasteiger partial charge < -0.3 is 25.4 Å². The van der Waals surface area contributed by atoms with E-state index in [1.807, 2.05) is 31.2 Å². The highest BCUT2D eigenvalue weighted by Gasteiger charge is 2.35. The largest absolute Gasteiger partial charge is 0.444 e. The van der Waals surface area contributed by atoms with Crippen molar-refractivity contribution in [3.05, 3.63) is 35.4 Å². The zero-order valence-electron chi connectivity index (χ0n) is 23.1. The highest BCUT2D eigenvalue weighted by atomic mass is 16.6. The molecule has 8 nitrogen and oxygen atoms in total. The number of aliphatic hydroxyl groups excluding tert-OH is 1. The topological polar surface area (TPSA) is 108 Å². The Morgan fingerprint density at radius 3 is 2.14 bits per heavy atom. The third-order valence-corrected chi connectivity index (χ3v) is 5.74. The number of nitrogens with zero attached hydrogens (tertiary/aromatic N) is 1. The summed E-state index contributed by atoms with van der Waals surface area (Å²) in [5, 5.41) is 15.5. The highest BCUT2D eigenvalue weighted by molar-refractivity contribution is 5.92. The lowest BCUT2D eigenvalue weighted by Crippen LogP contribution is -2.54. The van der Waals surface area contributed by atoms with Gasteiger partial charge in [-0.3, -0.25) is 9.59 Å². The molecule has 0 aliphatic rings. The number of carbonyl (C=O) groups is 3. The van der Waals surface area contributed by atoms with Gasteiger partial charge in [0.25, 0.3) is 0 Å². The van der Waals surface area contributed by atoms with Gasteiger partial charge in [-0.2, -0.15) is 0 Å². The fraction of sp³-hybridized carbons (Fsp3) is 0.679. The minimum Gasteiger partial charge on any atom is -0.444 e. The third-order valence-electron chi connectivity index (χ3n) is 5.74. The molecule has 3 N–H and O–H groups in total. The first-order valence-corrected chi connectivity index (χ1v) is 13.3. The first-order valence-electron chi connectivity index (χ1n) is 13.3. The molecule has 0 radical (unpaired) electrons. The van der Waals surface area contributed by atoms with E-state index in [-0.39, 0.29) is 5.91 Å². The minimum absolute atomic E-state index is 0.271. The molecule has 0 heterocycles. The van der Waals surface area contributed by atoms with Gasteiger partial charge in [-0.25, -0.2) is 4.79 Å². The number of aryl methyl sites for hydroxylation is 1. The number of amides is 3. The number of carbonyl (C=O) groups excluding carboxylic acids is 3. The fourth-order valence-electron chi connectivity index (χ4n) is 3.82. The van der Waals surface area contributed by atoms with Crippen molar-refractivity contribution in [3.63, 3.8) is 0 Å². The molecule has 0 bridgehead atoms. The summed E-state index contributed by atoms with van der Waals surface area (Å²) >= 11 is 0. The third kappa shape index (κ3) is 11.4. The summed E-state index contributed by atoms with van der Waals surface area (Å²) in [6.07, 6.45) is 5.75. The number of benzene rings is 1. The van der Waals surface area contributed by atoms with Gasteiger partial charge in [0.05, 0.1) is 6.61 Å².